The molecule has 0 aromatic heterocycles. The second kappa shape index (κ2) is 7.00. The number of sulfone groups is 1. The van der Waals surface area contributed by atoms with E-state index in [0.29, 0.717) is 24.7 Å². The van der Waals surface area contributed by atoms with Gasteiger partial charge in [0.2, 0.25) is 5.91 Å². The Balaban J connectivity index is 2.08. The fourth-order valence-electron chi connectivity index (χ4n) is 2.29. The van der Waals surface area contributed by atoms with E-state index in [1.165, 1.54) is 12.1 Å². The smallest absolute Gasteiger partial charge is 0.235 e. The predicted octanol–water partition coefficient (Wildman–Crippen LogP) is 1.54. The summed E-state index contributed by atoms with van der Waals surface area (Å²) in [5.41, 5.74) is 0. The van der Waals surface area contributed by atoms with Crippen molar-refractivity contribution in [1.29, 1.82) is 0 Å². The van der Waals surface area contributed by atoms with Crippen LogP contribution in [0.5, 0.6) is 11.5 Å². The normalized spacial score (nSPS) is 15.2. The highest BCUT2D eigenvalue weighted by Crippen LogP contribution is 2.32. The Hall–Kier alpha value is -1.76. The summed E-state index contributed by atoms with van der Waals surface area (Å²) in [6.07, 6.45) is 1.74. The summed E-state index contributed by atoms with van der Waals surface area (Å²) in [4.78, 5) is 11.9. The Bertz CT molecular complexity index is 641. The third-order valence-electron chi connectivity index (χ3n) is 3.32. The van der Waals surface area contributed by atoms with Gasteiger partial charge in [0.1, 0.15) is 19.0 Å². The van der Waals surface area contributed by atoms with E-state index >= 15 is 0 Å². The van der Waals surface area contributed by atoms with E-state index in [9.17, 15) is 13.2 Å². The van der Waals surface area contributed by atoms with Gasteiger partial charge in [0.05, 0.1) is 4.90 Å². The lowest BCUT2D eigenvalue weighted by Crippen LogP contribution is -2.36. The quantitative estimate of drug-likeness (QED) is 0.857. The molecule has 1 heterocycles. The van der Waals surface area contributed by atoms with E-state index in [-0.39, 0.29) is 10.9 Å². The highest BCUT2D eigenvalue weighted by Gasteiger charge is 2.23. The van der Waals surface area contributed by atoms with E-state index in [0.717, 1.165) is 12.8 Å². The van der Waals surface area contributed by atoms with Crippen LogP contribution in [-0.2, 0) is 14.6 Å². The van der Waals surface area contributed by atoms with Crippen LogP contribution in [0.25, 0.3) is 0 Å². The van der Waals surface area contributed by atoms with Crippen molar-refractivity contribution in [1.82, 2.24) is 5.32 Å². The lowest BCUT2D eigenvalue weighted by Gasteiger charge is -2.19. The highest BCUT2D eigenvalue weighted by molar-refractivity contribution is 7.92. The fourth-order valence-corrected chi connectivity index (χ4v) is 3.45. The minimum atomic E-state index is -3.70. The maximum atomic E-state index is 12.3. The minimum absolute atomic E-state index is 0.0343. The molecule has 0 spiro atoms. The van der Waals surface area contributed by atoms with Gasteiger partial charge in [-0.05, 0) is 25.5 Å². The zero-order valence-electron chi connectivity index (χ0n) is 12.8. The molecule has 0 saturated heterocycles. The standard InChI is InChI=1S/C15H21NO5S/c1-3-4-11(2)16-15(17)10-22(18,19)12-5-6-13-14(9-12)21-8-7-20-13/h5-6,9,11H,3-4,7-8,10H2,1-2H3,(H,16,17). The summed E-state index contributed by atoms with van der Waals surface area (Å²) < 4.78 is 35.3. The second-order valence-corrected chi connectivity index (χ2v) is 7.31. The molecule has 0 fully saturated rings. The molecule has 122 valence electrons. The number of amides is 1. The van der Waals surface area contributed by atoms with Gasteiger partial charge in [0, 0.05) is 12.1 Å². The van der Waals surface area contributed by atoms with Crippen molar-refractivity contribution in [2.75, 3.05) is 19.0 Å². The van der Waals surface area contributed by atoms with Gasteiger partial charge < -0.3 is 14.8 Å². The summed E-state index contributed by atoms with van der Waals surface area (Å²) in [5, 5.41) is 2.69. The minimum Gasteiger partial charge on any atom is -0.486 e. The summed E-state index contributed by atoms with van der Waals surface area (Å²) in [6, 6.07) is 4.37. The number of carbonyl (C=O) groups is 1. The first-order valence-corrected chi connectivity index (χ1v) is 8.99. The number of fused-ring (bicyclic) bond motifs is 1. The Kier molecular flexibility index (Phi) is 5.28. The van der Waals surface area contributed by atoms with Gasteiger partial charge in [-0.3, -0.25) is 4.79 Å². The second-order valence-electron chi connectivity index (χ2n) is 5.32. The van der Waals surface area contributed by atoms with Crippen LogP contribution < -0.4 is 14.8 Å². The Morgan fingerprint density at radius 2 is 1.95 bits per heavy atom. The molecule has 1 amide bonds. The molecule has 0 aliphatic carbocycles. The third kappa shape index (κ3) is 4.13. The molecule has 1 aliphatic heterocycles. The Morgan fingerprint density at radius 1 is 1.27 bits per heavy atom. The maximum absolute atomic E-state index is 12.3. The molecule has 7 heteroatoms. The van der Waals surface area contributed by atoms with Gasteiger partial charge in [0.15, 0.2) is 21.3 Å². The summed E-state index contributed by atoms with van der Waals surface area (Å²) in [5.74, 6) is -0.144. The van der Waals surface area contributed by atoms with Crippen LogP contribution >= 0.6 is 0 Å². The van der Waals surface area contributed by atoms with Crippen LogP contribution in [0.1, 0.15) is 26.7 Å². The molecule has 1 atom stereocenters. The van der Waals surface area contributed by atoms with Crippen LogP contribution in [0.3, 0.4) is 0 Å². The molecule has 0 bridgehead atoms. The monoisotopic (exact) mass is 327 g/mol. The zero-order valence-corrected chi connectivity index (χ0v) is 13.6. The van der Waals surface area contributed by atoms with Crippen molar-refractivity contribution in [2.24, 2.45) is 0 Å². The number of nitrogens with one attached hydrogen (secondary N) is 1. The average Bonchev–Trinajstić information content (AvgIpc) is 2.46. The predicted molar refractivity (Wildman–Crippen MR) is 82.0 cm³/mol. The first-order chi connectivity index (χ1) is 10.4. The number of ether oxygens (including phenoxy) is 2. The molecular formula is C15H21NO5S. The number of hydrogen-bond donors (Lipinski definition) is 1. The molecule has 6 nitrogen and oxygen atoms in total. The van der Waals surface area contributed by atoms with E-state index < -0.39 is 21.5 Å². The first kappa shape index (κ1) is 16.6. The van der Waals surface area contributed by atoms with Crippen molar-refractivity contribution in [3.8, 4) is 11.5 Å². The summed E-state index contributed by atoms with van der Waals surface area (Å²) >= 11 is 0. The first-order valence-electron chi connectivity index (χ1n) is 7.34. The van der Waals surface area contributed by atoms with Gasteiger partial charge in [-0.25, -0.2) is 8.42 Å². The lowest BCUT2D eigenvalue weighted by atomic mass is 10.2. The van der Waals surface area contributed by atoms with Gasteiger partial charge in [0.25, 0.3) is 0 Å². The number of benzene rings is 1. The number of rotatable bonds is 6. The van der Waals surface area contributed by atoms with Crippen molar-refractivity contribution >= 4 is 15.7 Å². The molecule has 1 unspecified atom stereocenters. The molecule has 1 aromatic rings. The van der Waals surface area contributed by atoms with Crippen molar-refractivity contribution in [2.45, 2.75) is 37.6 Å². The van der Waals surface area contributed by atoms with Crippen molar-refractivity contribution in [3.05, 3.63) is 18.2 Å². The third-order valence-corrected chi connectivity index (χ3v) is 4.94. The topological polar surface area (TPSA) is 81.7 Å². The van der Waals surface area contributed by atoms with Gasteiger partial charge >= 0.3 is 0 Å². The van der Waals surface area contributed by atoms with Crippen LogP contribution in [0.15, 0.2) is 23.1 Å². The van der Waals surface area contributed by atoms with E-state index in [1.54, 1.807) is 6.07 Å². The lowest BCUT2D eigenvalue weighted by molar-refractivity contribution is -0.119. The zero-order chi connectivity index (χ0) is 16.2. The van der Waals surface area contributed by atoms with Gasteiger partial charge in [-0.2, -0.15) is 0 Å². The Morgan fingerprint density at radius 3 is 2.64 bits per heavy atom. The van der Waals surface area contributed by atoms with E-state index in [2.05, 4.69) is 5.32 Å². The molecule has 0 saturated carbocycles. The molecule has 0 radical (unpaired) electrons. The maximum Gasteiger partial charge on any atom is 0.235 e. The molecule has 2 rings (SSSR count). The van der Waals surface area contributed by atoms with Crippen molar-refractivity contribution < 1.29 is 22.7 Å². The Labute approximate surface area is 130 Å². The molecule has 22 heavy (non-hydrogen) atoms. The van der Waals surface area contributed by atoms with Gasteiger partial charge in [-0.1, -0.05) is 13.3 Å². The van der Waals surface area contributed by atoms with E-state index in [4.69, 9.17) is 9.47 Å². The highest BCUT2D eigenvalue weighted by atomic mass is 32.2. The fraction of sp³-hybridized carbons (Fsp3) is 0.533. The van der Waals surface area contributed by atoms with Crippen LogP contribution in [0, 0.1) is 0 Å². The van der Waals surface area contributed by atoms with Gasteiger partial charge in [-0.15, -0.1) is 0 Å². The van der Waals surface area contributed by atoms with Crippen LogP contribution in [-0.4, -0.2) is 39.3 Å². The molecule has 1 N–H and O–H groups in total. The molecular weight excluding hydrogens is 306 g/mol. The van der Waals surface area contributed by atoms with Crippen LogP contribution in [0.4, 0.5) is 0 Å². The SMILES string of the molecule is CCCC(C)NC(=O)CS(=O)(=O)c1ccc2c(c1)OCCO2. The number of hydrogen-bond acceptors (Lipinski definition) is 5. The van der Waals surface area contributed by atoms with Crippen LogP contribution in [0.2, 0.25) is 0 Å². The molecule has 1 aromatic carbocycles. The van der Waals surface area contributed by atoms with Crippen molar-refractivity contribution in [3.63, 3.8) is 0 Å². The average molecular weight is 327 g/mol. The summed E-state index contributed by atoms with van der Waals surface area (Å²) in [7, 11) is -3.70. The molecule has 1 aliphatic rings. The largest absolute Gasteiger partial charge is 0.486 e. The van der Waals surface area contributed by atoms with E-state index in [1.807, 2.05) is 13.8 Å². The summed E-state index contributed by atoms with van der Waals surface area (Å²) in [6.45, 7) is 4.69. The number of carbonyl (C=O) groups excluding carboxylic acids is 1.